The minimum atomic E-state index is 0.187. The van der Waals surface area contributed by atoms with E-state index in [-0.39, 0.29) is 5.28 Å². The largest absolute Gasteiger partial charge is 0.464 e. The Hall–Kier alpha value is -0.750. The van der Waals surface area contributed by atoms with Gasteiger partial charge >= 0.3 is 6.01 Å². The lowest BCUT2D eigenvalue weighted by Gasteiger charge is -2.26. The maximum Gasteiger partial charge on any atom is 0.322 e. The summed E-state index contributed by atoms with van der Waals surface area (Å²) in [6.07, 6.45) is 0. The molecular formula is C9H13ClN4OS. The third kappa shape index (κ3) is 2.89. The molecular weight excluding hydrogens is 248 g/mol. The van der Waals surface area contributed by atoms with Crippen LogP contribution in [0.1, 0.15) is 6.92 Å². The molecule has 7 heteroatoms. The van der Waals surface area contributed by atoms with E-state index in [4.69, 9.17) is 16.3 Å². The maximum atomic E-state index is 5.83. The van der Waals surface area contributed by atoms with E-state index in [1.165, 1.54) is 0 Å². The summed E-state index contributed by atoms with van der Waals surface area (Å²) in [5.74, 6) is 2.80. The molecule has 5 nitrogen and oxygen atoms in total. The Bertz CT molecular complexity index is 359. The van der Waals surface area contributed by atoms with Gasteiger partial charge in [-0.2, -0.15) is 26.7 Å². The third-order valence-electron chi connectivity index (χ3n) is 2.14. The Morgan fingerprint density at radius 2 is 2.06 bits per heavy atom. The Kier molecular flexibility index (Phi) is 4.06. The summed E-state index contributed by atoms with van der Waals surface area (Å²) in [5, 5.41) is 0.187. The van der Waals surface area contributed by atoms with Gasteiger partial charge < -0.3 is 9.64 Å². The van der Waals surface area contributed by atoms with Gasteiger partial charge in [0.05, 0.1) is 6.61 Å². The lowest BCUT2D eigenvalue weighted by Crippen LogP contribution is -2.34. The summed E-state index contributed by atoms with van der Waals surface area (Å²) < 4.78 is 5.24. The number of nitrogens with zero attached hydrogens (tertiary/aromatic N) is 4. The molecule has 1 fully saturated rings. The molecule has 16 heavy (non-hydrogen) atoms. The highest BCUT2D eigenvalue weighted by molar-refractivity contribution is 7.99. The number of hydrogen-bond donors (Lipinski definition) is 0. The predicted molar refractivity (Wildman–Crippen MR) is 65.5 cm³/mol. The Labute approximate surface area is 104 Å². The number of halogens is 1. The summed E-state index contributed by atoms with van der Waals surface area (Å²) >= 11 is 7.77. The first-order chi connectivity index (χ1) is 7.79. The lowest BCUT2D eigenvalue weighted by molar-refractivity contribution is 0.311. The van der Waals surface area contributed by atoms with Gasteiger partial charge in [0.1, 0.15) is 0 Å². The highest BCUT2D eigenvalue weighted by Gasteiger charge is 2.16. The summed E-state index contributed by atoms with van der Waals surface area (Å²) in [4.78, 5) is 14.4. The molecule has 2 heterocycles. The molecule has 0 radical (unpaired) electrons. The molecule has 1 aliphatic rings. The number of thioether (sulfide) groups is 1. The van der Waals surface area contributed by atoms with Crippen LogP contribution in [0.3, 0.4) is 0 Å². The third-order valence-corrected chi connectivity index (χ3v) is 3.25. The van der Waals surface area contributed by atoms with E-state index in [0.717, 1.165) is 24.6 Å². The lowest BCUT2D eigenvalue weighted by atomic mass is 10.5. The van der Waals surface area contributed by atoms with Crippen LogP contribution >= 0.6 is 23.4 Å². The molecule has 2 rings (SSSR count). The van der Waals surface area contributed by atoms with Crippen LogP contribution in [0.25, 0.3) is 0 Å². The van der Waals surface area contributed by atoms with Crippen LogP contribution in [-0.2, 0) is 0 Å². The van der Waals surface area contributed by atoms with E-state index in [9.17, 15) is 0 Å². The quantitative estimate of drug-likeness (QED) is 0.821. The van der Waals surface area contributed by atoms with E-state index in [0.29, 0.717) is 18.6 Å². The summed E-state index contributed by atoms with van der Waals surface area (Å²) in [7, 11) is 0. The van der Waals surface area contributed by atoms with Crippen LogP contribution < -0.4 is 9.64 Å². The van der Waals surface area contributed by atoms with Crippen molar-refractivity contribution in [1.82, 2.24) is 15.0 Å². The van der Waals surface area contributed by atoms with Crippen molar-refractivity contribution in [3.8, 4) is 6.01 Å². The molecule has 1 saturated heterocycles. The average molecular weight is 261 g/mol. The van der Waals surface area contributed by atoms with Crippen LogP contribution in [0.4, 0.5) is 5.95 Å². The standard InChI is InChI=1S/C9H13ClN4OS/c1-2-15-9-12-7(10)11-8(13-9)14-3-5-16-6-4-14/h2-6H2,1H3. The molecule has 0 aliphatic carbocycles. The van der Waals surface area contributed by atoms with Gasteiger partial charge in [0.25, 0.3) is 0 Å². The SMILES string of the molecule is CCOc1nc(Cl)nc(N2CCSCC2)n1. The number of rotatable bonds is 3. The average Bonchev–Trinajstić information content (AvgIpc) is 2.30. The van der Waals surface area contributed by atoms with Crippen molar-refractivity contribution in [3.05, 3.63) is 5.28 Å². The topological polar surface area (TPSA) is 51.1 Å². The van der Waals surface area contributed by atoms with Crippen LogP contribution in [0, 0.1) is 0 Å². The van der Waals surface area contributed by atoms with Crippen molar-refractivity contribution in [3.63, 3.8) is 0 Å². The second-order valence-corrected chi connectivity index (χ2v) is 4.78. The molecule has 0 amide bonds. The Morgan fingerprint density at radius 1 is 1.31 bits per heavy atom. The predicted octanol–water partition coefficient (Wildman–Crippen LogP) is 1.48. The molecule has 1 aromatic rings. The van der Waals surface area contributed by atoms with Gasteiger partial charge in [-0.05, 0) is 18.5 Å². The van der Waals surface area contributed by atoms with Gasteiger partial charge in [-0.3, -0.25) is 0 Å². The normalized spacial score (nSPS) is 16.2. The van der Waals surface area contributed by atoms with Crippen molar-refractivity contribution >= 4 is 29.3 Å². The second-order valence-electron chi connectivity index (χ2n) is 3.22. The summed E-state index contributed by atoms with van der Waals surface area (Å²) in [5.41, 5.74) is 0. The van der Waals surface area contributed by atoms with Gasteiger partial charge in [-0.15, -0.1) is 0 Å². The van der Waals surface area contributed by atoms with Gasteiger partial charge in [0, 0.05) is 24.6 Å². The molecule has 0 N–H and O–H groups in total. The van der Waals surface area contributed by atoms with Crippen molar-refractivity contribution in [2.75, 3.05) is 36.1 Å². The molecule has 0 unspecified atom stereocenters. The molecule has 0 bridgehead atoms. The zero-order valence-corrected chi connectivity index (χ0v) is 10.6. The highest BCUT2D eigenvalue weighted by atomic mass is 35.5. The van der Waals surface area contributed by atoms with Crippen molar-refractivity contribution in [1.29, 1.82) is 0 Å². The second kappa shape index (κ2) is 5.54. The number of aromatic nitrogens is 3. The Balaban J connectivity index is 2.18. The molecule has 0 aromatic carbocycles. The number of anilines is 1. The van der Waals surface area contributed by atoms with Crippen LogP contribution in [0.2, 0.25) is 5.28 Å². The smallest absolute Gasteiger partial charge is 0.322 e. The first-order valence-electron chi connectivity index (χ1n) is 5.16. The zero-order valence-electron chi connectivity index (χ0n) is 9.02. The summed E-state index contributed by atoms with van der Waals surface area (Å²) in [6, 6.07) is 0.302. The molecule has 0 spiro atoms. The van der Waals surface area contributed by atoms with Gasteiger partial charge in [0.15, 0.2) is 0 Å². The molecule has 88 valence electrons. The fourth-order valence-electron chi connectivity index (χ4n) is 1.42. The summed E-state index contributed by atoms with van der Waals surface area (Å²) in [6.45, 7) is 4.29. The minimum Gasteiger partial charge on any atom is -0.464 e. The fraction of sp³-hybridized carbons (Fsp3) is 0.667. The van der Waals surface area contributed by atoms with E-state index in [1.807, 2.05) is 18.7 Å². The van der Waals surface area contributed by atoms with Crippen LogP contribution in [-0.4, -0.2) is 46.2 Å². The number of hydrogen-bond acceptors (Lipinski definition) is 6. The molecule has 1 aromatic heterocycles. The zero-order chi connectivity index (χ0) is 11.4. The van der Waals surface area contributed by atoms with Gasteiger partial charge in [-0.1, -0.05) is 0 Å². The van der Waals surface area contributed by atoms with Crippen molar-refractivity contribution in [2.45, 2.75) is 6.92 Å². The minimum absolute atomic E-state index is 0.187. The van der Waals surface area contributed by atoms with E-state index in [1.54, 1.807) is 0 Å². The van der Waals surface area contributed by atoms with Crippen molar-refractivity contribution in [2.24, 2.45) is 0 Å². The van der Waals surface area contributed by atoms with Gasteiger partial charge in [-0.25, -0.2) is 0 Å². The molecule has 0 atom stereocenters. The maximum absolute atomic E-state index is 5.83. The molecule has 0 saturated carbocycles. The van der Waals surface area contributed by atoms with Crippen LogP contribution in [0.5, 0.6) is 6.01 Å². The first kappa shape index (κ1) is 11.7. The molecule has 1 aliphatic heterocycles. The highest BCUT2D eigenvalue weighted by Crippen LogP contribution is 2.18. The van der Waals surface area contributed by atoms with Gasteiger partial charge in [0.2, 0.25) is 11.2 Å². The fourth-order valence-corrected chi connectivity index (χ4v) is 2.47. The number of ether oxygens (including phenoxy) is 1. The van der Waals surface area contributed by atoms with E-state index < -0.39 is 0 Å². The van der Waals surface area contributed by atoms with E-state index in [2.05, 4.69) is 19.9 Å². The van der Waals surface area contributed by atoms with Crippen molar-refractivity contribution < 1.29 is 4.74 Å². The monoisotopic (exact) mass is 260 g/mol. The van der Waals surface area contributed by atoms with E-state index >= 15 is 0 Å². The van der Waals surface area contributed by atoms with Crippen LogP contribution in [0.15, 0.2) is 0 Å². The Morgan fingerprint density at radius 3 is 2.75 bits per heavy atom. The first-order valence-corrected chi connectivity index (χ1v) is 6.70.